The molecule has 0 aliphatic carbocycles. The van der Waals surface area contributed by atoms with Gasteiger partial charge in [0.2, 0.25) is 5.91 Å². The molecule has 8 nitrogen and oxygen atoms in total. The van der Waals surface area contributed by atoms with E-state index < -0.39 is 42.1 Å². The predicted molar refractivity (Wildman–Crippen MR) is 139 cm³/mol. The normalized spacial score (nSPS) is 14.9. The summed E-state index contributed by atoms with van der Waals surface area (Å²) in [5.74, 6) is -3.64. The molecular formula is C27H23Cl2N3O5. The molecule has 1 fully saturated rings. The van der Waals surface area contributed by atoms with Gasteiger partial charge >= 0.3 is 5.97 Å². The van der Waals surface area contributed by atoms with Crippen molar-refractivity contribution in [2.45, 2.75) is 12.3 Å². The number of halogens is 2. The molecule has 1 saturated heterocycles. The Labute approximate surface area is 223 Å². The van der Waals surface area contributed by atoms with Crippen LogP contribution in [0.5, 0.6) is 0 Å². The lowest BCUT2D eigenvalue weighted by Gasteiger charge is -2.23. The Morgan fingerprint density at radius 2 is 1.54 bits per heavy atom. The van der Waals surface area contributed by atoms with Gasteiger partial charge in [-0.1, -0.05) is 89.9 Å². The molecule has 1 aliphatic heterocycles. The number of esters is 1. The van der Waals surface area contributed by atoms with Gasteiger partial charge < -0.3 is 10.1 Å². The second-order valence-corrected chi connectivity index (χ2v) is 9.18. The molecule has 1 atom stereocenters. The van der Waals surface area contributed by atoms with E-state index in [2.05, 4.69) is 10.7 Å². The topological polar surface area (TPSA) is 105 Å². The van der Waals surface area contributed by atoms with Crippen molar-refractivity contribution in [3.05, 3.63) is 100 Å². The Kier molecular flexibility index (Phi) is 8.43. The Balaban J connectivity index is 1.35. The van der Waals surface area contributed by atoms with Crippen LogP contribution in [0.15, 0.2) is 78.9 Å². The molecule has 2 N–H and O–H groups in total. The molecule has 0 spiro atoms. The number of nitrogens with zero attached hydrogens (tertiary/aromatic N) is 1. The zero-order valence-corrected chi connectivity index (χ0v) is 21.0. The summed E-state index contributed by atoms with van der Waals surface area (Å²) in [4.78, 5) is 50.6. The van der Waals surface area contributed by atoms with E-state index in [4.69, 9.17) is 27.9 Å². The summed E-state index contributed by atoms with van der Waals surface area (Å²) in [5.41, 5.74) is 4.46. The number of carbonyl (C=O) groups excluding carboxylic acids is 4. The van der Waals surface area contributed by atoms with Crippen molar-refractivity contribution >= 4 is 52.6 Å². The third kappa shape index (κ3) is 6.47. The minimum absolute atomic E-state index is 0.0680. The van der Waals surface area contributed by atoms with E-state index in [-0.39, 0.29) is 28.7 Å². The van der Waals surface area contributed by atoms with Crippen LogP contribution in [0.1, 0.15) is 23.5 Å². The molecule has 0 bridgehead atoms. The van der Waals surface area contributed by atoms with Crippen molar-refractivity contribution in [3.8, 4) is 0 Å². The third-order valence-electron chi connectivity index (χ3n) is 5.80. The first-order valence-corrected chi connectivity index (χ1v) is 12.2. The highest BCUT2D eigenvalue weighted by atomic mass is 35.5. The van der Waals surface area contributed by atoms with E-state index in [1.807, 2.05) is 60.7 Å². The fourth-order valence-electron chi connectivity index (χ4n) is 4.00. The summed E-state index contributed by atoms with van der Waals surface area (Å²) in [6.07, 6.45) is -0.151. The van der Waals surface area contributed by atoms with Crippen LogP contribution in [0.25, 0.3) is 0 Å². The zero-order valence-electron chi connectivity index (χ0n) is 19.5. The predicted octanol–water partition coefficient (Wildman–Crippen LogP) is 4.19. The van der Waals surface area contributed by atoms with Crippen LogP contribution in [0.3, 0.4) is 0 Å². The Morgan fingerprint density at radius 1 is 0.919 bits per heavy atom. The van der Waals surface area contributed by atoms with E-state index >= 15 is 0 Å². The number of ether oxygens (including phenoxy) is 1. The Bertz CT molecular complexity index is 1260. The van der Waals surface area contributed by atoms with E-state index in [9.17, 15) is 19.2 Å². The average molecular weight is 540 g/mol. The molecule has 3 aromatic carbocycles. The van der Waals surface area contributed by atoms with Gasteiger partial charge in [0.15, 0.2) is 6.61 Å². The smallest absolute Gasteiger partial charge is 0.311 e. The largest absolute Gasteiger partial charge is 0.455 e. The number of benzene rings is 3. The van der Waals surface area contributed by atoms with Crippen molar-refractivity contribution < 1.29 is 23.9 Å². The lowest BCUT2D eigenvalue weighted by atomic mass is 9.91. The molecule has 10 heteroatoms. The molecule has 37 heavy (non-hydrogen) atoms. The molecule has 1 heterocycles. The van der Waals surface area contributed by atoms with Gasteiger partial charge in [0.05, 0.1) is 34.1 Å². The van der Waals surface area contributed by atoms with Gasteiger partial charge in [0, 0.05) is 6.42 Å². The van der Waals surface area contributed by atoms with Gasteiger partial charge in [0.25, 0.3) is 11.8 Å². The number of amides is 3. The maximum absolute atomic E-state index is 13.3. The van der Waals surface area contributed by atoms with Gasteiger partial charge in [-0.3, -0.25) is 29.6 Å². The average Bonchev–Trinajstić information content (AvgIpc) is 3.26. The standard InChI is InChI=1S/C27H23Cl2N3O5/c28-20-12-7-13-21(25(20)29)30-22(33)16-37-27(36)19-14-23(34)32(15-19)31-26(35)24(17-8-3-1-4-9-17)18-10-5-2-6-11-18/h1-13,19,24H,14-16H2,(H,30,33)(H,31,35)/t19-/m1/s1. The second-order valence-electron chi connectivity index (χ2n) is 8.39. The van der Waals surface area contributed by atoms with Crippen LogP contribution in [0.4, 0.5) is 5.69 Å². The minimum atomic E-state index is -0.831. The number of hydrogen-bond donors (Lipinski definition) is 2. The fourth-order valence-corrected chi connectivity index (χ4v) is 4.35. The van der Waals surface area contributed by atoms with Crippen LogP contribution < -0.4 is 10.7 Å². The quantitative estimate of drug-likeness (QED) is 0.417. The van der Waals surface area contributed by atoms with Crippen molar-refractivity contribution in [2.24, 2.45) is 5.92 Å². The summed E-state index contributed by atoms with van der Waals surface area (Å²) in [7, 11) is 0. The summed E-state index contributed by atoms with van der Waals surface area (Å²) in [5, 5.41) is 4.08. The van der Waals surface area contributed by atoms with Gasteiger partial charge in [-0.25, -0.2) is 0 Å². The highest BCUT2D eigenvalue weighted by Gasteiger charge is 2.37. The summed E-state index contributed by atoms with van der Waals surface area (Å²) >= 11 is 12.0. The number of hydrogen-bond acceptors (Lipinski definition) is 5. The number of rotatable bonds is 8. The Morgan fingerprint density at radius 3 is 2.16 bits per heavy atom. The molecule has 4 rings (SSSR count). The first-order valence-electron chi connectivity index (χ1n) is 11.4. The maximum atomic E-state index is 13.3. The van der Waals surface area contributed by atoms with Crippen LogP contribution in [0, 0.1) is 5.92 Å². The van der Waals surface area contributed by atoms with E-state index in [1.54, 1.807) is 18.2 Å². The molecule has 3 aromatic rings. The molecule has 190 valence electrons. The first-order chi connectivity index (χ1) is 17.8. The molecule has 0 saturated carbocycles. The summed E-state index contributed by atoms with van der Waals surface area (Å²) in [6, 6.07) is 23.1. The lowest BCUT2D eigenvalue weighted by Crippen LogP contribution is -2.45. The Hall–Kier alpha value is -3.88. The summed E-state index contributed by atoms with van der Waals surface area (Å²) < 4.78 is 5.10. The van der Waals surface area contributed by atoms with Crippen LogP contribution in [-0.2, 0) is 23.9 Å². The second kappa shape index (κ2) is 11.9. The van der Waals surface area contributed by atoms with Crippen LogP contribution in [-0.4, -0.2) is 41.9 Å². The van der Waals surface area contributed by atoms with Crippen molar-refractivity contribution in [1.29, 1.82) is 0 Å². The maximum Gasteiger partial charge on any atom is 0.311 e. The molecule has 1 aliphatic rings. The van der Waals surface area contributed by atoms with Crippen molar-refractivity contribution in [2.75, 3.05) is 18.5 Å². The van der Waals surface area contributed by atoms with E-state index in [0.717, 1.165) is 16.1 Å². The van der Waals surface area contributed by atoms with Gasteiger partial charge in [-0.15, -0.1) is 0 Å². The van der Waals surface area contributed by atoms with Crippen molar-refractivity contribution in [1.82, 2.24) is 10.4 Å². The number of nitrogens with one attached hydrogen (secondary N) is 2. The number of anilines is 1. The SMILES string of the molecule is O=C(COC(=O)[C@@H]1CC(=O)N(NC(=O)C(c2ccccc2)c2ccccc2)C1)Nc1cccc(Cl)c1Cl. The highest BCUT2D eigenvalue weighted by Crippen LogP contribution is 2.29. The molecule has 3 amide bonds. The van der Waals surface area contributed by atoms with Crippen molar-refractivity contribution in [3.63, 3.8) is 0 Å². The van der Waals surface area contributed by atoms with Gasteiger partial charge in [-0.05, 0) is 23.3 Å². The van der Waals surface area contributed by atoms with Gasteiger partial charge in [-0.2, -0.15) is 0 Å². The monoisotopic (exact) mass is 539 g/mol. The van der Waals surface area contributed by atoms with Gasteiger partial charge in [0.1, 0.15) is 0 Å². The molecular weight excluding hydrogens is 517 g/mol. The number of hydrazine groups is 1. The third-order valence-corrected chi connectivity index (χ3v) is 6.62. The lowest BCUT2D eigenvalue weighted by molar-refractivity contribution is -0.151. The highest BCUT2D eigenvalue weighted by molar-refractivity contribution is 6.44. The fraction of sp³-hybridized carbons (Fsp3) is 0.185. The van der Waals surface area contributed by atoms with E-state index in [1.165, 1.54) is 0 Å². The molecule has 0 aromatic heterocycles. The molecule has 0 unspecified atom stereocenters. The zero-order chi connectivity index (χ0) is 26.4. The van der Waals surface area contributed by atoms with Crippen LogP contribution >= 0.6 is 23.2 Å². The van der Waals surface area contributed by atoms with E-state index in [0.29, 0.717) is 0 Å². The first kappa shape index (κ1) is 26.2. The minimum Gasteiger partial charge on any atom is -0.455 e. The van der Waals surface area contributed by atoms with Crippen LogP contribution in [0.2, 0.25) is 10.0 Å². The molecule has 0 radical (unpaired) electrons. The number of carbonyl (C=O) groups is 4. The summed E-state index contributed by atoms with van der Waals surface area (Å²) in [6.45, 7) is -0.635.